The minimum Gasteiger partial charge on any atom is -0.355 e. The number of nitrogens with one attached hydrogen (secondary N) is 1. The van der Waals surface area contributed by atoms with Crippen molar-refractivity contribution in [3.63, 3.8) is 0 Å². The molecule has 104 valence electrons. The highest BCUT2D eigenvalue weighted by Gasteiger charge is 2.29. The third kappa shape index (κ3) is 2.87. The lowest BCUT2D eigenvalue weighted by atomic mass is 10.1. The van der Waals surface area contributed by atoms with Gasteiger partial charge < -0.3 is 9.84 Å². The van der Waals surface area contributed by atoms with Gasteiger partial charge in [-0.1, -0.05) is 29.4 Å². The summed E-state index contributed by atoms with van der Waals surface area (Å²) < 4.78 is 5.22. The molecular formula is C15H17N3O2. The zero-order chi connectivity index (χ0) is 13.9. The van der Waals surface area contributed by atoms with Crippen LogP contribution in [0.25, 0.3) is 11.4 Å². The van der Waals surface area contributed by atoms with Crippen LogP contribution in [0.4, 0.5) is 0 Å². The minimum absolute atomic E-state index is 0.142. The molecule has 5 nitrogen and oxygen atoms in total. The largest absolute Gasteiger partial charge is 0.355 e. The first kappa shape index (κ1) is 12.8. The predicted molar refractivity (Wildman–Crippen MR) is 73.9 cm³/mol. The van der Waals surface area contributed by atoms with E-state index in [0.29, 0.717) is 24.7 Å². The molecular weight excluding hydrogens is 254 g/mol. The second-order valence-electron chi connectivity index (χ2n) is 5.14. The minimum atomic E-state index is 0.142. The highest BCUT2D eigenvalue weighted by atomic mass is 16.5. The van der Waals surface area contributed by atoms with E-state index < -0.39 is 0 Å². The molecule has 1 saturated carbocycles. The summed E-state index contributed by atoms with van der Waals surface area (Å²) in [6, 6.07) is 7.92. The Balaban J connectivity index is 1.59. The van der Waals surface area contributed by atoms with Crippen LogP contribution in [-0.4, -0.2) is 22.6 Å². The van der Waals surface area contributed by atoms with Gasteiger partial charge in [0.2, 0.25) is 17.6 Å². The second kappa shape index (κ2) is 5.45. The second-order valence-corrected chi connectivity index (χ2v) is 5.14. The summed E-state index contributed by atoms with van der Waals surface area (Å²) in [6.07, 6.45) is 2.60. The maximum absolute atomic E-state index is 11.5. The van der Waals surface area contributed by atoms with Crippen molar-refractivity contribution in [2.24, 2.45) is 5.92 Å². The van der Waals surface area contributed by atoms with E-state index in [1.807, 2.05) is 31.2 Å². The smallest absolute Gasteiger partial charge is 0.228 e. The highest BCUT2D eigenvalue weighted by molar-refractivity contribution is 5.80. The van der Waals surface area contributed by atoms with Gasteiger partial charge in [-0.3, -0.25) is 4.79 Å². The summed E-state index contributed by atoms with van der Waals surface area (Å²) in [4.78, 5) is 15.9. The fourth-order valence-electron chi connectivity index (χ4n) is 2.07. The molecule has 1 N–H and O–H groups in total. The van der Waals surface area contributed by atoms with Crippen molar-refractivity contribution in [3.05, 3.63) is 35.7 Å². The molecule has 1 aliphatic rings. The number of carbonyl (C=O) groups excluding carboxylic acids is 1. The molecule has 0 bridgehead atoms. The Bertz CT molecular complexity index is 617. The van der Waals surface area contributed by atoms with Crippen LogP contribution < -0.4 is 5.32 Å². The van der Waals surface area contributed by atoms with Crippen LogP contribution in [0.15, 0.2) is 28.8 Å². The number of nitrogens with zero attached hydrogens (tertiary/aromatic N) is 2. The summed E-state index contributed by atoms with van der Waals surface area (Å²) in [7, 11) is 0. The van der Waals surface area contributed by atoms with E-state index in [9.17, 15) is 4.79 Å². The predicted octanol–water partition coefficient (Wildman–Crippen LogP) is 2.11. The van der Waals surface area contributed by atoms with Crippen LogP contribution in [-0.2, 0) is 11.2 Å². The summed E-state index contributed by atoms with van der Waals surface area (Å²) >= 11 is 0. The van der Waals surface area contributed by atoms with E-state index in [2.05, 4.69) is 15.5 Å². The first-order chi connectivity index (χ1) is 9.74. The maximum Gasteiger partial charge on any atom is 0.228 e. The zero-order valence-electron chi connectivity index (χ0n) is 11.4. The number of carbonyl (C=O) groups is 1. The molecule has 0 unspecified atom stereocenters. The van der Waals surface area contributed by atoms with Crippen LogP contribution in [0, 0.1) is 12.8 Å². The molecule has 2 aromatic rings. The van der Waals surface area contributed by atoms with Crippen molar-refractivity contribution in [3.8, 4) is 11.4 Å². The molecule has 3 rings (SSSR count). The summed E-state index contributed by atoms with van der Waals surface area (Å²) in [6.45, 7) is 2.56. The van der Waals surface area contributed by atoms with E-state index in [1.165, 1.54) is 0 Å². The van der Waals surface area contributed by atoms with Crippen LogP contribution in [0.5, 0.6) is 0 Å². The highest BCUT2D eigenvalue weighted by Crippen LogP contribution is 2.28. The van der Waals surface area contributed by atoms with Gasteiger partial charge in [-0.25, -0.2) is 0 Å². The van der Waals surface area contributed by atoms with E-state index in [0.717, 1.165) is 24.0 Å². The number of rotatable bonds is 5. The van der Waals surface area contributed by atoms with E-state index in [4.69, 9.17) is 4.52 Å². The maximum atomic E-state index is 11.5. The summed E-state index contributed by atoms with van der Waals surface area (Å²) in [5, 5.41) is 6.88. The standard InChI is InChI=1S/C15H17N3O2/c1-10-4-2-3-5-12(10)14-17-13(20-18-14)8-9-16-15(19)11-6-7-11/h2-5,11H,6-9H2,1H3,(H,16,19). The molecule has 1 aliphatic carbocycles. The fraction of sp³-hybridized carbons (Fsp3) is 0.400. The normalized spacial score (nSPS) is 14.2. The molecule has 0 atom stereocenters. The number of amides is 1. The molecule has 1 amide bonds. The lowest BCUT2D eigenvalue weighted by Crippen LogP contribution is -2.26. The summed E-state index contributed by atoms with van der Waals surface area (Å²) in [5.41, 5.74) is 2.09. The Morgan fingerprint density at radius 3 is 2.95 bits per heavy atom. The van der Waals surface area contributed by atoms with Crippen molar-refractivity contribution in [1.29, 1.82) is 0 Å². The third-order valence-corrected chi connectivity index (χ3v) is 3.44. The molecule has 1 heterocycles. The number of benzene rings is 1. The zero-order valence-corrected chi connectivity index (χ0v) is 11.4. The number of hydrogen-bond donors (Lipinski definition) is 1. The van der Waals surface area contributed by atoms with E-state index in [1.54, 1.807) is 0 Å². The number of aromatic nitrogens is 2. The van der Waals surface area contributed by atoms with Gasteiger partial charge in [0.1, 0.15) is 0 Å². The van der Waals surface area contributed by atoms with Gasteiger partial charge in [0, 0.05) is 24.4 Å². The average molecular weight is 271 g/mol. The van der Waals surface area contributed by atoms with E-state index >= 15 is 0 Å². The number of aryl methyl sites for hydroxylation is 1. The first-order valence-corrected chi connectivity index (χ1v) is 6.90. The van der Waals surface area contributed by atoms with Gasteiger partial charge in [-0.05, 0) is 25.3 Å². The Morgan fingerprint density at radius 1 is 1.40 bits per heavy atom. The van der Waals surface area contributed by atoms with Gasteiger partial charge in [-0.15, -0.1) is 0 Å². The molecule has 0 spiro atoms. The van der Waals surface area contributed by atoms with Crippen molar-refractivity contribution >= 4 is 5.91 Å². The van der Waals surface area contributed by atoms with Crippen molar-refractivity contribution in [2.45, 2.75) is 26.2 Å². The van der Waals surface area contributed by atoms with Crippen molar-refractivity contribution < 1.29 is 9.32 Å². The van der Waals surface area contributed by atoms with Crippen molar-refractivity contribution in [1.82, 2.24) is 15.5 Å². The number of hydrogen-bond acceptors (Lipinski definition) is 4. The molecule has 0 saturated heterocycles. The topological polar surface area (TPSA) is 68.0 Å². The molecule has 1 aromatic heterocycles. The van der Waals surface area contributed by atoms with Crippen LogP contribution in [0.3, 0.4) is 0 Å². The SMILES string of the molecule is Cc1ccccc1-c1noc(CCNC(=O)C2CC2)n1. The Kier molecular flexibility index (Phi) is 3.50. The third-order valence-electron chi connectivity index (χ3n) is 3.44. The average Bonchev–Trinajstić information content (AvgIpc) is 3.20. The molecule has 0 aliphatic heterocycles. The summed E-state index contributed by atoms with van der Waals surface area (Å²) in [5.74, 6) is 1.54. The molecule has 1 aromatic carbocycles. The quantitative estimate of drug-likeness (QED) is 0.904. The fourth-order valence-corrected chi connectivity index (χ4v) is 2.07. The van der Waals surface area contributed by atoms with Gasteiger partial charge in [0.15, 0.2) is 0 Å². The monoisotopic (exact) mass is 271 g/mol. The first-order valence-electron chi connectivity index (χ1n) is 6.90. The Hall–Kier alpha value is -2.17. The van der Waals surface area contributed by atoms with Gasteiger partial charge in [0.25, 0.3) is 0 Å². The molecule has 20 heavy (non-hydrogen) atoms. The Morgan fingerprint density at radius 2 is 2.20 bits per heavy atom. The van der Waals surface area contributed by atoms with Crippen LogP contribution in [0.2, 0.25) is 0 Å². The Labute approximate surface area is 117 Å². The van der Waals surface area contributed by atoms with Crippen LogP contribution >= 0.6 is 0 Å². The van der Waals surface area contributed by atoms with Crippen molar-refractivity contribution in [2.75, 3.05) is 6.54 Å². The molecule has 1 fully saturated rings. The lowest BCUT2D eigenvalue weighted by molar-refractivity contribution is -0.122. The molecule has 0 radical (unpaired) electrons. The van der Waals surface area contributed by atoms with Crippen LogP contribution in [0.1, 0.15) is 24.3 Å². The van der Waals surface area contributed by atoms with Gasteiger partial charge in [0.05, 0.1) is 0 Å². The van der Waals surface area contributed by atoms with Gasteiger partial charge >= 0.3 is 0 Å². The van der Waals surface area contributed by atoms with Gasteiger partial charge in [-0.2, -0.15) is 4.98 Å². The lowest BCUT2D eigenvalue weighted by Gasteiger charge is -2.00. The molecule has 5 heteroatoms. The van der Waals surface area contributed by atoms with E-state index in [-0.39, 0.29) is 11.8 Å².